The fourth-order valence-corrected chi connectivity index (χ4v) is 4.78. The summed E-state index contributed by atoms with van der Waals surface area (Å²) in [6.45, 7) is 0. The third kappa shape index (κ3) is 3.10. The van der Waals surface area contributed by atoms with Crippen LogP contribution in [0.25, 0.3) is 11.1 Å². The number of anilines is 1. The quantitative estimate of drug-likeness (QED) is 0.300. The van der Waals surface area contributed by atoms with Crippen LogP contribution in [0.4, 0.5) is 11.4 Å². The van der Waals surface area contributed by atoms with Crippen molar-refractivity contribution in [2.75, 3.05) is 5.32 Å². The highest BCUT2D eigenvalue weighted by molar-refractivity contribution is 6.32. The molecule has 1 aliphatic heterocycles. The highest BCUT2D eigenvalue weighted by Gasteiger charge is 2.38. The van der Waals surface area contributed by atoms with Crippen LogP contribution in [-0.2, 0) is 0 Å². The summed E-state index contributed by atoms with van der Waals surface area (Å²) >= 11 is 6.02. The Bertz CT molecular complexity index is 1130. The van der Waals surface area contributed by atoms with Gasteiger partial charge in [-0.3, -0.25) is 10.1 Å². The lowest BCUT2D eigenvalue weighted by molar-refractivity contribution is -0.384. The van der Waals surface area contributed by atoms with Crippen LogP contribution in [0.1, 0.15) is 29.5 Å². The molecule has 5 rings (SSSR count). The number of nitro groups is 1. The summed E-state index contributed by atoms with van der Waals surface area (Å²) in [4.78, 5) is 10.9. The maximum atomic E-state index is 11.3. The molecule has 0 bridgehead atoms. The molecule has 3 aromatic rings. The largest absolute Gasteiger partial charge is 0.378 e. The second-order valence-corrected chi connectivity index (χ2v) is 8.02. The first-order chi connectivity index (χ1) is 14.1. The fraction of sp³-hybridized carbons (Fsp3) is 0.167. The van der Waals surface area contributed by atoms with Crippen molar-refractivity contribution in [3.05, 3.63) is 105 Å². The number of rotatable bonds is 3. The van der Waals surface area contributed by atoms with Gasteiger partial charge in [-0.05, 0) is 52.8 Å². The van der Waals surface area contributed by atoms with E-state index in [-0.39, 0.29) is 22.7 Å². The number of nitrogens with one attached hydrogen (secondary N) is 1. The van der Waals surface area contributed by atoms with Crippen molar-refractivity contribution in [3.8, 4) is 11.1 Å². The minimum Gasteiger partial charge on any atom is -0.378 e. The van der Waals surface area contributed by atoms with Gasteiger partial charge < -0.3 is 5.32 Å². The van der Waals surface area contributed by atoms with E-state index in [9.17, 15) is 10.1 Å². The summed E-state index contributed by atoms with van der Waals surface area (Å²) in [7, 11) is 0. The van der Waals surface area contributed by atoms with E-state index in [1.807, 2.05) is 12.1 Å². The predicted molar refractivity (Wildman–Crippen MR) is 116 cm³/mol. The lowest BCUT2D eigenvalue weighted by Gasteiger charge is -2.37. The molecule has 0 saturated heterocycles. The van der Waals surface area contributed by atoms with Crippen molar-refractivity contribution >= 4 is 23.0 Å². The number of hydrogen-bond donors (Lipinski definition) is 1. The van der Waals surface area contributed by atoms with Gasteiger partial charge in [-0.1, -0.05) is 66.2 Å². The van der Waals surface area contributed by atoms with Crippen molar-refractivity contribution < 1.29 is 4.92 Å². The van der Waals surface area contributed by atoms with E-state index >= 15 is 0 Å². The van der Waals surface area contributed by atoms with Crippen molar-refractivity contribution in [1.82, 2.24) is 0 Å². The lowest BCUT2D eigenvalue weighted by Crippen LogP contribution is -2.29. The van der Waals surface area contributed by atoms with Crippen molar-refractivity contribution in [1.29, 1.82) is 0 Å². The molecule has 0 spiro atoms. The van der Waals surface area contributed by atoms with Crippen LogP contribution in [0, 0.1) is 16.0 Å². The van der Waals surface area contributed by atoms with Crippen LogP contribution in [0.5, 0.6) is 0 Å². The number of fused-ring (bicyclic) bond motifs is 3. The SMILES string of the molecule is O=[N+]([O-])c1cc([C@@H]2Nc3ccc(-c4ccccc4)cc3[C@@H]3C=CC[C@@H]32)ccc1Cl. The molecular formula is C24H19ClN2O2. The summed E-state index contributed by atoms with van der Waals surface area (Å²) < 4.78 is 0. The molecule has 5 heteroatoms. The number of nitro benzene ring substituents is 1. The maximum Gasteiger partial charge on any atom is 0.288 e. The second kappa shape index (κ2) is 7.05. The Kier molecular flexibility index (Phi) is 4.36. The van der Waals surface area contributed by atoms with Crippen LogP contribution in [0.3, 0.4) is 0 Å². The van der Waals surface area contributed by atoms with Crippen molar-refractivity contribution in [3.63, 3.8) is 0 Å². The molecule has 0 fully saturated rings. The van der Waals surface area contributed by atoms with Crippen LogP contribution in [-0.4, -0.2) is 4.92 Å². The summed E-state index contributed by atoms with van der Waals surface area (Å²) in [5.41, 5.74) is 5.62. The Morgan fingerprint density at radius 2 is 1.83 bits per heavy atom. The van der Waals surface area contributed by atoms with E-state index < -0.39 is 4.92 Å². The number of allylic oxidation sites excluding steroid dienone is 2. The topological polar surface area (TPSA) is 55.2 Å². The zero-order chi connectivity index (χ0) is 20.0. The Labute approximate surface area is 174 Å². The smallest absolute Gasteiger partial charge is 0.288 e. The fourth-order valence-electron chi connectivity index (χ4n) is 4.60. The molecule has 1 heterocycles. The molecule has 1 aliphatic carbocycles. The summed E-state index contributed by atoms with van der Waals surface area (Å²) in [6, 6.07) is 22.0. The lowest BCUT2D eigenvalue weighted by atomic mass is 9.76. The van der Waals surface area contributed by atoms with Gasteiger partial charge in [-0.15, -0.1) is 0 Å². The molecule has 0 unspecified atom stereocenters. The molecule has 0 amide bonds. The molecule has 0 aromatic heterocycles. The van der Waals surface area contributed by atoms with Gasteiger partial charge >= 0.3 is 0 Å². The van der Waals surface area contributed by atoms with Gasteiger partial charge in [0.25, 0.3) is 5.69 Å². The highest BCUT2D eigenvalue weighted by atomic mass is 35.5. The van der Waals surface area contributed by atoms with Gasteiger partial charge in [-0.2, -0.15) is 0 Å². The molecule has 0 saturated carbocycles. The first kappa shape index (κ1) is 18.0. The normalized spacial score (nSPS) is 21.9. The van der Waals surface area contributed by atoms with Gasteiger partial charge in [-0.25, -0.2) is 0 Å². The first-order valence-electron chi connectivity index (χ1n) is 9.68. The van der Waals surface area contributed by atoms with Crippen LogP contribution >= 0.6 is 11.6 Å². The van der Waals surface area contributed by atoms with E-state index in [1.165, 1.54) is 16.7 Å². The Balaban J connectivity index is 1.56. The monoisotopic (exact) mass is 402 g/mol. The standard InChI is InChI=1S/C24H19ClN2O2/c25-21-11-9-17(14-23(21)27(28)29)24-19-8-4-7-18(19)20-13-16(10-12-22(20)26-24)15-5-2-1-3-6-15/h1-7,9-14,18-19,24,26H,8H2/t18-,19+,24+/m1/s1. The second-order valence-electron chi connectivity index (χ2n) is 7.61. The van der Waals surface area contributed by atoms with Crippen LogP contribution in [0.2, 0.25) is 5.02 Å². The number of benzene rings is 3. The van der Waals surface area contributed by atoms with Crippen LogP contribution in [0.15, 0.2) is 78.9 Å². The molecule has 4 nitrogen and oxygen atoms in total. The van der Waals surface area contributed by atoms with Gasteiger partial charge in [0, 0.05) is 17.7 Å². The highest BCUT2D eigenvalue weighted by Crippen LogP contribution is 2.51. The zero-order valence-corrected chi connectivity index (χ0v) is 16.3. The minimum absolute atomic E-state index is 0.000965. The predicted octanol–water partition coefficient (Wildman–Crippen LogP) is 6.74. The van der Waals surface area contributed by atoms with E-state index in [1.54, 1.807) is 12.1 Å². The summed E-state index contributed by atoms with van der Waals surface area (Å²) in [6.07, 6.45) is 5.43. The minimum atomic E-state index is -0.418. The summed E-state index contributed by atoms with van der Waals surface area (Å²) in [5.74, 6) is 0.601. The molecule has 3 aromatic carbocycles. The zero-order valence-electron chi connectivity index (χ0n) is 15.6. The first-order valence-corrected chi connectivity index (χ1v) is 10.1. The van der Waals surface area contributed by atoms with Crippen LogP contribution < -0.4 is 5.32 Å². The number of nitrogens with zero attached hydrogens (tertiary/aromatic N) is 1. The Hall–Kier alpha value is -3.11. The van der Waals surface area contributed by atoms with Gasteiger partial charge in [0.05, 0.1) is 11.0 Å². The van der Waals surface area contributed by atoms with Gasteiger partial charge in [0.15, 0.2) is 0 Å². The van der Waals surface area contributed by atoms with E-state index in [2.05, 4.69) is 59.9 Å². The Morgan fingerprint density at radius 1 is 1.00 bits per heavy atom. The van der Waals surface area contributed by atoms with Gasteiger partial charge in [0.2, 0.25) is 0 Å². The van der Waals surface area contributed by atoms with Crippen molar-refractivity contribution in [2.45, 2.75) is 18.4 Å². The van der Waals surface area contributed by atoms with Gasteiger partial charge in [0.1, 0.15) is 5.02 Å². The van der Waals surface area contributed by atoms with E-state index in [0.717, 1.165) is 17.7 Å². The van der Waals surface area contributed by atoms with Crippen molar-refractivity contribution in [2.24, 2.45) is 5.92 Å². The number of hydrogen-bond acceptors (Lipinski definition) is 3. The molecule has 2 aliphatic rings. The molecule has 29 heavy (non-hydrogen) atoms. The van der Waals surface area contributed by atoms with E-state index in [4.69, 9.17) is 11.6 Å². The number of halogens is 1. The molecular weight excluding hydrogens is 384 g/mol. The van der Waals surface area contributed by atoms with E-state index in [0.29, 0.717) is 5.92 Å². The molecule has 0 radical (unpaired) electrons. The molecule has 144 valence electrons. The molecule has 3 atom stereocenters. The third-order valence-electron chi connectivity index (χ3n) is 6.00. The Morgan fingerprint density at radius 3 is 2.62 bits per heavy atom. The third-order valence-corrected chi connectivity index (χ3v) is 6.32. The average Bonchev–Trinajstić information content (AvgIpc) is 3.24. The average molecular weight is 403 g/mol. The summed E-state index contributed by atoms with van der Waals surface area (Å²) in [5, 5.41) is 15.2. The molecule has 1 N–H and O–H groups in total. The maximum absolute atomic E-state index is 11.3.